The first-order valence-electron chi connectivity index (χ1n) is 9.52. The highest BCUT2D eigenvalue weighted by Crippen LogP contribution is 2.33. The van der Waals surface area contributed by atoms with Crippen molar-refractivity contribution in [3.05, 3.63) is 50.8 Å². The molecule has 0 bridgehead atoms. The molecular weight excluding hydrogens is 487 g/mol. The van der Waals surface area contributed by atoms with Gasteiger partial charge in [0.2, 0.25) is 11.8 Å². The van der Waals surface area contributed by atoms with Crippen LogP contribution in [0.4, 0.5) is 22.0 Å². The van der Waals surface area contributed by atoms with Gasteiger partial charge in [0.05, 0.1) is 5.39 Å². The number of halogens is 5. The van der Waals surface area contributed by atoms with Crippen LogP contribution in [0.3, 0.4) is 0 Å². The van der Waals surface area contributed by atoms with Crippen LogP contribution in [0, 0.1) is 0 Å². The van der Waals surface area contributed by atoms with Gasteiger partial charge in [0, 0.05) is 24.9 Å². The smallest absolute Gasteiger partial charge is 0.422 e. The first kappa shape index (κ1) is 23.7. The molecule has 2 N–H and O–H groups in total. The normalized spacial score (nSPS) is 12.8. The predicted molar refractivity (Wildman–Crippen MR) is 106 cm³/mol. The molecule has 17 heteroatoms. The quantitative estimate of drug-likeness (QED) is 0.360. The van der Waals surface area contributed by atoms with Crippen molar-refractivity contribution in [1.29, 1.82) is 0 Å². The molecule has 0 radical (unpaired) electrons. The second-order valence-electron chi connectivity index (χ2n) is 6.96. The molecule has 0 amide bonds. The van der Waals surface area contributed by atoms with E-state index in [1.165, 1.54) is 17.8 Å². The highest BCUT2D eigenvalue weighted by Gasteiger charge is 2.30. The van der Waals surface area contributed by atoms with Crippen LogP contribution in [-0.2, 0) is 7.05 Å². The fourth-order valence-electron chi connectivity index (χ4n) is 2.96. The maximum absolute atomic E-state index is 13.9. The van der Waals surface area contributed by atoms with Crippen LogP contribution < -0.4 is 20.7 Å². The number of hydrogen-bond donors (Lipinski definition) is 2. The van der Waals surface area contributed by atoms with E-state index in [1.807, 2.05) is 10.1 Å². The molecular formula is C18H13F5N8O4. The molecule has 0 aliphatic heterocycles. The van der Waals surface area contributed by atoms with Crippen molar-refractivity contribution in [3.63, 3.8) is 0 Å². The van der Waals surface area contributed by atoms with Gasteiger partial charge >= 0.3 is 11.9 Å². The van der Waals surface area contributed by atoms with Crippen molar-refractivity contribution < 1.29 is 31.4 Å². The number of aryl methyl sites for hydroxylation is 1. The number of alkyl halides is 5. The van der Waals surface area contributed by atoms with Gasteiger partial charge in [0.1, 0.15) is 5.69 Å². The van der Waals surface area contributed by atoms with E-state index >= 15 is 0 Å². The number of aromatic amines is 2. The third-order valence-corrected chi connectivity index (χ3v) is 4.44. The summed E-state index contributed by atoms with van der Waals surface area (Å²) in [7, 11) is 1.43. The Hall–Kier alpha value is -4.44. The number of nitrogens with zero attached hydrogens (tertiary/aromatic N) is 6. The number of rotatable bonds is 7. The van der Waals surface area contributed by atoms with Crippen LogP contribution in [0.25, 0.3) is 22.4 Å². The minimum Gasteiger partial charge on any atom is -0.468 e. The fraction of sp³-hybridized carbons (Fsp3) is 0.278. The van der Waals surface area contributed by atoms with Gasteiger partial charge < -0.3 is 9.47 Å². The van der Waals surface area contributed by atoms with E-state index in [2.05, 4.69) is 30.1 Å². The Labute approximate surface area is 189 Å². The van der Waals surface area contributed by atoms with E-state index in [0.717, 1.165) is 18.3 Å². The Morgan fingerprint density at radius 1 is 1.17 bits per heavy atom. The van der Waals surface area contributed by atoms with E-state index in [1.54, 1.807) is 0 Å². The van der Waals surface area contributed by atoms with Gasteiger partial charge in [-0.25, -0.2) is 28.3 Å². The second kappa shape index (κ2) is 9.07. The lowest BCUT2D eigenvalue weighted by Crippen LogP contribution is -2.25. The highest BCUT2D eigenvalue weighted by atomic mass is 19.4. The predicted octanol–water partition coefficient (Wildman–Crippen LogP) is 1.52. The zero-order chi connectivity index (χ0) is 25.3. The number of pyridine rings is 1. The lowest BCUT2D eigenvalue weighted by Gasteiger charge is -2.18. The maximum Gasteiger partial charge on any atom is 0.422 e. The molecule has 0 aliphatic rings. The summed E-state index contributed by atoms with van der Waals surface area (Å²) >= 11 is 0. The summed E-state index contributed by atoms with van der Waals surface area (Å²) in [6.07, 6.45) is -8.77. The lowest BCUT2D eigenvalue weighted by atomic mass is 10.1. The molecule has 4 heterocycles. The molecule has 12 nitrogen and oxygen atoms in total. The van der Waals surface area contributed by atoms with Gasteiger partial charge in [0.25, 0.3) is 12.0 Å². The minimum absolute atomic E-state index is 0.0677. The largest absolute Gasteiger partial charge is 0.468 e. The maximum atomic E-state index is 13.9. The zero-order valence-corrected chi connectivity index (χ0v) is 17.4. The van der Waals surface area contributed by atoms with E-state index < -0.39 is 42.4 Å². The summed E-state index contributed by atoms with van der Waals surface area (Å²) in [6.45, 7) is -1.66. The Bertz CT molecular complexity index is 1480. The monoisotopic (exact) mass is 500 g/mol. The van der Waals surface area contributed by atoms with Crippen molar-refractivity contribution in [3.8, 4) is 23.1 Å². The molecule has 0 spiro atoms. The van der Waals surface area contributed by atoms with E-state index in [0.29, 0.717) is 0 Å². The molecule has 0 unspecified atom stereocenters. The van der Waals surface area contributed by atoms with Crippen LogP contribution in [-0.4, -0.2) is 59.4 Å². The van der Waals surface area contributed by atoms with Crippen molar-refractivity contribution in [2.75, 3.05) is 6.61 Å². The van der Waals surface area contributed by atoms with Crippen molar-refractivity contribution in [1.82, 2.24) is 40.1 Å². The lowest BCUT2D eigenvalue weighted by molar-refractivity contribution is -0.154. The van der Waals surface area contributed by atoms with Crippen LogP contribution in [0.5, 0.6) is 11.8 Å². The fourth-order valence-corrected chi connectivity index (χ4v) is 2.96. The summed E-state index contributed by atoms with van der Waals surface area (Å²) < 4.78 is 76.1. The van der Waals surface area contributed by atoms with E-state index in [4.69, 9.17) is 4.74 Å². The summed E-state index contributed by atoms with van der Waals surface area (Å²) in [6, 6.07) is 3.26. The van der Waals surface area contributed by atoms with Crippen LogP contribution in [0.15, 0.2) is 34.0 Å². The van der Waals surface area contributed by atoms with Gasteiger partial charge in [-0.3, -0.25) is 9.78 Å². The third-order valence-electron chi connectivity index (χ3n) is 4.44. The number of H-pyrrole nitrogens is 2. The van der Waals surface area contributed by atoms with Crippen molar-refractivity contribution in [2.24, 2.45) is 7.05 Å². The Kier molecular flexibility index (Phi) is 6.14. The summed E-state index contributed by atoms with van der Waals surface area (Å²) in [5, 5.41) is 17.4. The molecule has 4 aromatic rings. The van der Waals surface area contributed by atoms with Gasteiger partial charge in [-0.2, -0.15) is 18.3 Å². The molecule has 184 valence electrons. The van der Waals surface area contributed by atoms with Crippen molar-refractivity contribution >= 4 is 11.0 Å². The number of fused-ring (bicyclic) bond motifs is 1. The highest BCUT2D eigenvalue weighted by molar-refractivity contribution is 5.83. The topological polar surface area (TPSA) is 154 Å². The zero-order valence-electron chi connectivity index (χ0n) is 17.4. The Balaban J connectivity index is 1.70. The first-order chi connectivity index (χ1) is 16.5. The van der Waals surface area contributed by atoms with Crippen LogP contribution >= 0.6 is 0 Å². The first-order valence-corrected chi connectivity index (χ1v) is 9.52. The number of hydrogen-bond acceptors (Lipinski definition) is 9. The molecule has 4 rings (SSSR count). The minimum atomic E-state index is -4.65. The van der Waals surface area contributed by atoms with E-state index in [-0.39, 0.29) is 33.9 Å². The number of aromatic nitrogens is 8. The molecule has 0 saturated heterocycles. The van der Waals surface area contributed by atoms with Gasteiger partial charge in [-0.1, -0.05) is 0 Å². The Morgan fingerprint density at radius 3 is 2.63 bits per heavy atom. The number of ether oxygens (including phenoxy) is 2. The summed E-state index contributed by atoms with van der Waals surface area (Å²) in [5.41, 5.74) is -2.28. The summed E-state index contributed by atoms with van der Waals surface area (Å²) in [4.78, 5) is 28.8. The average Bonchev–Trinajstić information content (AvgIpc) is 3.10. The molecule has 0 aliphatic carbocycles. The third kappa shape index (κ3) is 5.22. The SMILES string of the molecule is Cn1nc(O[C@H](c2ccnc(OCC(F)(F)F)c2)C(F)F)c2cc(-c3n[nH]c(=O)[nH]c3=O)nnc21. The number of nitrogens with one attached hydrogen (secondary N) is 2. The van der Waals surface area contributed by atoms with E-state index in [9.17, 15) is 31.5 Å². The Morgan fingerprint density at radius 2 is 1.94 bits per heavy atom. The summed E-state index contributed by atoms with van der Waals surface area (Å²) in [5.74, 6) is -0.865. The molecule has 0 saturated carbocycles. The van der Waals surface area contributed by atoms with Crippen molar-refractivity contribution in [2.45, 2.75) is 18.7 Å². The van der Waals surface area contributed by atoms with Crippen LogP contribution in [0.1, 0.15) is 11.7 Å². The molecule has 1 atom stereocenters. The van der Waals surface area contributed by atoms with Crippen LogP contribution in [0.2, 0.25) is 0 Å². The van der Waals surface area contributed by atoms with Gasteiger partial charge in [-0.15, -0.1) is 15.3 Å². The molecule has 0 fully saturated rings. The van der Waals surface area contributed by atoms with Gasteiger partial charge in [-0.05, 0) is 12.1 Å². The second-order valence-corrected chi connectivity index (χ2v) is 6.96. The van der Waals surface area contributed by atoms with Gasteiger partial charge in [0.15, 0.2) is 24.1 Å². The molecule has 0 aromatic carbocycles. The molecule has 4 aromatic heterocycles. The standard InChI is InChI=1S/C18H13F5N8O4/c1-31-14-8(5-9(26-28-14)11-15(32)25-17(33)29-27-11)16(30-31)35-12(13(19)20)7-2-3-24-10(4-7)34-6-18(21,22)23/h2-5,12-13H,6H2,1H3,(H2,25,29,32,33)/t12-/m1/s1. The molecule has 35 heavy (non-hydrogen) atoms. The average molecular weight is 500 g/mol.